The maximum atomic E-state index is 14.1. The van der Waals surface area contributed by atoms with Crippen molar-refractivity contribution < 1.29 is 14.4 Å². The molecule has 3 atom stereocenters. The fourth-order valence-electron chi connectivity index (χ4n) is 7.49. The Morgan fingerprint density at radius 3 is 2.18 bits per heavy atom. The number of hydrogen-bond acceptors (Lipinski definition) is 7. The van der Waals surface area contributed by atoms with E-state index in [-0.39, 0.29) is 24.0 Å². The van der Waals surface area contributed by atoms with E-state index >= 15 is 0 Å². The van der Waals surface area contributed by atoms with Crippen LogP contribution in [-0.4, -0.2) is 107 Å². The number of benzene rings is 1. The third kappa shape index (κ3) is 8.38. The van der Waals surface area contributed by atoms with E-state index in [1.165, 1.54) is 29.7 Å². The highest BCUT2D eigenvalue weighted by molar-refractivity contribution is 7.97. The number of carbonyl (C=O) groups is 2. The fourth-order valence-corrected chi connectivity index (χ4v) is 8.44. The lowest BCUT2D eigenvalue weighted by Gasteiger charge is -2.55. The summed E-state index contributed by atoms with van der Waals surface area (Å²) >= 11 is 1.89. The number of rotatable bonds is 11. The van der Waals surface area contributed by atoms with Gasteiger partial charge in [0.05, 0.1) is 6.54 Å². The van der Waals surface area contributed by atoms with Crippen LogP contribution >= 0.6 is 11.9 Å². The number of carbonyl (C=O) groups excluding carboxylic acids is 2. The number of likely N-dealkylation sites (tertiary alicyclic amines) is 1. The van der Waals surface area contributed by atoms with E-state index in [1.807, 2.05) is 16.8 Å². The summed E-state index contributed by atoms with van der Waals surface area (Å²) in [6, 6.07) is 8.67. The van der Waals surface area contributed by atoms with Gasteiger partial charge in [0.25, 0.3) is 5.91 Å². The third-order valence-corrected chi connectivity index (χ3v) is 11.1. The summed E-state index contributed by atoms with van der Waals surface area (Å²) in [5.74, 6) is 1.55. The Morgan fingerprint density at radius 2 is 1.55 bits per heavy atom. The van der Waals surface area contributed by atoms with E-state index in [2.05, 4.69) is 85.1 Å². The Balaban J connectivity index is 1.24. The first-order valence-electron chi connectivity index (χ1n) is 17.3. The maximum absolute atomic E-state index is 14.1. The second-order valence-corrected chi connectivity index (χ2v) is 15.9. The van der Waals surface area contributed by atoms with E-state index in [9.17, 15) is 9.59 Å². The van der Waals surface area contributed by atoms with Gasteiger partial charge >= 0.3 is 0 Å². The van der Waals surface area contributed by atoms with Crippen molar-refractivity contribution in [3.05, 3.63) is 29.8 Å². The normalized spacial score (nSPS) is 27.1. The van der Waals surface area contributed by atoms with E-state index in [1.54, 1.807) is 0 Å². The van der Waals surface area contributed by atoms with Gasteiger partial charge in [-0.05, 0) is 120 Å². The summed E-state index contributed by atoms with van der Waals surface area (Å²) in [5, 5.41) is 2.12. The molecule has 0 N–H and O–H groups in total. The lowest BCUT2D eigenvalue weighted by atomic mass is 9.92. The van der Waals surface area contributed by atoms with E-state index in [0.717, 1.165) is 57.9 Å². The number of piperidine rings is 2. The first-order chi connectivity index (χ1) is 21.1. The van der Waals surface area contributed by atoms with Crippen molar-refractivity contribution in [3.8, 4) is 0 Å². The number of piperazine rings is 1. The Hall–Kier alpha value is -1.65. The zero-order chi connectivity index (χ0) is 31.4. The molecule has 4 aliphatic rings. The number of aryl methyl sites for hydroxylation is 1. The van der Waals surface area contributed by atoms with Gasteiger partial charge in [-0.25, -0.2) is 4.31 Å². The summed E-state index contributed by atoms with van der Waals surface area (Å²) in [7, 11) is 2.16. The van der Waals surface area contributed by atoms with Gasteiger partial charge in [0.2, 0.25) is 5.91 Å². The summed E-state index contributed by atoms with van der Waals surface area (Å²) < 4.78 is 2.51. The van der Waals surface area contributed by atoms with Crippen molar-refractivity contribution >= 4 is 23.8 Å². The minimum absolute atomic E-state index is 0.0143. The quantitative estimate of drug-likeness (QED) is 0.294. The summed E-state index contributed by atoms with van der Waals surface area (Å²) in [6.45, 7) is 16.4. The molecular weight excluding hydrogens is 570 g/mol. The van der Waals surface area contributed by atoms with Gasteiger partial charge in [0.1, 0.15) is 12.2 Å². The number of fused-ring (bicyclic) bond motifs is 1. The van der Waals surface area contributed by atoms with Crippen LogP contribution in [0.4, 0.5) is 0 Å². The van der Waals surface area contributed by atoms with Crippen LogP contribution in [-0.2, 0) is 14.4 Å². The van der Waals surface area contributed by atoms with Crippen molar-refractivity contribution in [2.75, 3.05) is 46.3 Å². The van der Waals surface area contributed by atoms with Crippen LogP contribution in [0.1, 0.15) is 84.6 Å². The monoisotopic (exact) mass is 627 g/mol. The predicted octanol–water partition coefficient (Wildman–Crippen LogP) is 5.66. The number of amides is 2. The van der Waals surface area contributed by atoms with Crippen molar-refractivity contribution in [3.63, 3.8) is 0 Å². The van der Waals surface area contributed by atoms with Crippen LogP contribution < -0.4 is 0 Å². The van der Waals surface area contributed by atoms with Crippen LogP contribution in [0.5, 0.6) is 0 Å². The molecule has 4 heterocycles. The zero-order valence-electron chi connectivity index (χ0n) is 28.1. The molecule has 4 aliphatic heterocycles. The van der Waals surface area contributed by atoms with Crippen LogP contribution in [0.15, 0.2) is 29.2 Å². The predicted molar refractivity (Wildman–Crippen MR) is 178 cm³/mol. The van der Waals surface area contributed by atoms with Gasteiger partial charge in [0.15, 0.2) is 6.10 Å². The van der Waals surface area contributed by atoms with Crippen LogP contribution in [0.2, 0.25) is 0 Å². The minimum atomic E-state index is -0.509. The minimum Gasteiger partial charge on any atom is -0.334 e. The molecule has 0 radical (unpaired) electrons. The SMILES string of the molecule is Cc1ccc(SN2CCC(CCCN3O[C@H](CC(C)C)C(=O)N4C3CN(C3CCN(C)CC3)C(=O)[C@@H]4CC(C)C)CC2)cc1. The van der Waals surface area contributed by atoms with Crippen LogP contribution in [0.3, 0.4) is 0 Å². The summed E-state index contributed by atoms with van der Waals surface area (Å²) in [6.07, 6.45) is 7.31. The molecule has 0 bridgehead atoms. The molecule has 0 aliphatic carbocycles. The average Bonchev–Trinajstić information content (AvgIpc) is 2.98. The number of hydroxylamine groups is 2. The van der Waals surface area contributed by atoms with Gasteiger partial charge in [-0.15, -0.1) is 0 Å². The van der Waals surface area contributed by atoms with Crippen LogP contribution in [0, 0.1) is 24.7 Å². The Labute approximate surface area is 270 Å². The lowest BCUT2D eigenvalue weighted by molar-refractivity contribution is -0.290. The molecule has 4 fully saturated rings. The molecule has 4 saturated heterocycles. The first-order valence-corrected chi connectivity index (χ1v) is 18.1. The molecule has 246 valence electrons. The number of hydrogen-bond donors (Lipinski definition) is 0. The summed E-state index contributed by atoms with van der Waals surface area (Å²) in [4.78, 5) is 42.5. The summed E-state index contributed by atoms with van der Waals surface area (Å²) in [5.41, 5.74) is 1.30. The highest BCUT2D eigenvalue weighted by atomic mass is 32.2. The van der Waals surface area contributed by atoms with Crippen molar-refractivity contribution in [2.45, 2.75) is 115 Å². The second kappa shape index (κ2) is 15.3. The van der Waals surface area contributed by atoms with Gasteiger partial charge in [-0.1, -0.05) is 45.4 Å². The molecule has 1 aromatic carbocycles. The maximum Gasteiger partial charge on any atom is 0.255 e. The molecule has 44 heavy (non-hydrogen) atoms. The van der Waals surface area contributed by atoms with E-state index in [0.29, 0.717) is 31.2 Å². The molecule has 0 saturated carbocycles. The average molecular weight is 628 g/mol. The molecule has 0 spiro atoms. The molecular formula is C35H57N5O3S. The topological polar surface area (TPSA) is 59.6 Å². The lowest BCUT2D eigenvalue weighted by Crippen LogP contribution is -2.74. The molecule has 1 aromatic rings. The van der Waals surface area contributed by atoms with Crippen molar-refractivity contribution in [1.29, 1.82) is 0 Å². The van der Waals surface area contributed by atoms with Crippen LogP contribution in [0.25, 0.3) is 0 Å². The Morgan fingerprint density at radius 1 is 0.886 bits per heavy atom. The van der Waals surface area contributed by atoms with E-state index < -0.39 is 12.1 Å². The van der Waals surface area contributed by atoms with Gasteiger partial charge in [-0.3, -0.25) is 14.4 Å². The fraction of sp³-hybridized carbons (Fsp3) is 0.771. The highest BCUT2D eigenvalue weighted by Crippen LogP contribution is 2.35. The smallest absolute Gasteiger partial charge is 0.255 e. The molecule has 9 heteroatoms. The Kier molecular flexibility index (Phi) is 11.7. The zero-order valence-corrected chi connectivity index (χ0v) is 28.9. The van der Waals surface area contributed by atoms with Crippen molar-refractivity contribution in [1.82, 2.24) is 24.1 Å². The molecule has 8 nitrogen and oxygen atoms in total. The molecule has 5 rings (SSSR count). The van der Waals surface area contributed by atoms with Gasteiger partial charge in [-0.2, -0.15) is 5.06 Å². The molecule has 1 unspecified atom stereocenters. The third-order valence-electron chi connectivity index (χ3n) is 10.0. The van der Waals surface area contributed by atoms with Gasteiger partial charge < -0.3 is 14.7 Å². The van der Waals surface area contributed by atoms with Crippen molar-refractivity contribution in [2.24, 2.45) is 17.8 Å². The largest absolute Gasteiger partial charge is 0.334 e. The Bertz CT molecular complexity index is 1080. The first kappa shape index (κ1) is 33.7. The second-order valence-electron chi connectivity index (χ2n) is 14.7. The van der Waals surface area contributed by atoms with E-state index in [4.69, 9.17) is 4.84 Å². The standard InChI is InChI=1S/C35H57N5O3S/c1-25(2)22-31-34(41)38(29-15-18-36(6)19-16-29)24-33-39(43-32(23-26(3)4)35(42)40(31)33)17-7-8-28-13-20-37(21-14-28)44-30-11-9-27(5)10-12-30/h9-12,25-26,28-29,31-33H,7-8,13-24H2,1-6H3/t31-,32+,33?/m0/s1. The molecule has 0 aromatic heterocycles. The number of nitrogens with zero attached hydrogens (tertiary/aromatic N) is 5. The highest BCUT2D eigenvalue weighted by Gasteiger charge is 2.52. The van der Waals surface area contributed by atoms with Gasteiger partial charge in [0, 0.05) is 30.6 Å². The molecule has 2 amide bonds.